The molecule has 0 bridgehead atoms. The van der Waals surface area contributed by atoms with Crippen LogP contribution in [0.1, 0.15) is 11.3 Å². The summed E-state index contributed by atoms with van der Waals surface area (Å²) in [4.78, 5) is 11.5. The first-order chi connectivity index (χ1) is 9.13. The van der Waals surface area contributed by atoms with Crippen molar-refractivity contribution in [1.29, 1.82) is 0 Å². The minimum atomic E-state index is -0.371. The Labute approximate surface area is 109 Å². The third-order valence-corrected chi connectivity index (χ3v) is 2.46. The van der Waals surface area contributed by atoms with Gasteiger partial charge >= 0.3 is 6.03 Å². The predicted octanol–water partition coefficient (Wildman–Crippen LogP) is 2.49. The summed E-state index contributed by atoms with van der Waals surface area (Å²) in [5, 5.41) is 8.82. The van der Waals surface area contributed by atoms with Crippen molar-refractivity contribution in [2.24, 2.45) is 0 Å². The average molecular weight is 263 g/mol. The molecule has 2 rings (SSSR count). The number of hydrogen-bond acceptors (Lipinski definition) is 3. The summed E-state index contributed by atoms with van der Waals surface area (Å²) < 4.78 is 17.7. The van der Waals surface area contributed by atoms with E-state index in [-0.39, 0.29) is 11.8 Å². The van der Waals surface area contributed by atoms with Gasteiger partial charge in [0.15, 0.2) is 5.82 Å². The molecule has 2 N–H and O–H groups in total. The zero-order valence-corrected chi connectivity index (χ0v) is 10.4. The topological polar surface area (TPSA) is 67.2 Å². The highest BCUT2D eigenvalue weighted by molar-refractivity contribution is 5.88. The molecule has 0 aliphatic heterocycles. The second kappa shape index (κ2) is 5.99. The Kier molecular flexibility index (Phi) is 4.12. The largest absolute Gasteiger partial charge is 0.360 e. The Morgan fingerprint density at radius 2 is 2.26 bits per heavy atom. The monoisotopic (exact) mass is 263 g/mol. The molecule has 2 aromatic rings. The fraction of sp³-hybridized carbons (Fsp3) is 0.231. The number of urea groups is 1. The van der Waals surface area contributed by atoms with E-state index in [0.29, 0.717) is 24.5 Å². The van der Waals surface area contributed by atoms with Gasteiger partial charge in [-0.3, -0.25) is 5.32 Å². The lowest BCUT2D eigenvalue weighted by atomic mass is 10.1. The number of halogens is 1. The number of carbonyl (C=O) groups is 1. The van der Waals surface area contributed by atoms with Crippen molar-refractivity contribution in [2.75, 3.05) is 11.9 Å². The summed E-state index contributed by atoms with van der Waals surface area (Å²) in [5.74, 6) is 0.704. The number of nitrogens with one attached hydrogen (secondary N) is 2. The van der Waals surface area contributed by atoms with Crippen LogP contribution < -0.4 is 10.6 Å². The molecule has 5 nitrogen and oxygen atoms in total. The van der Waals surface area contributed by atoms with Crippen LogP contribution in [0.5, 0.6) is 0 Å². The van der Waals surface area contributed by atoms with E-state index in [0.717, 1.165) is 5.56 Å². The van der Waals surface area contributed by atoms with E-state index < -0.39 is 0 Å². The van der Waals surface area contributed by atoms with Crippen LogP contribution >= 0.6 is 0 Å². The second-order valence-electron chi connectivity index (χ2n) is 4.08. The molecule has 0 spiro atoms. The van der Waals surface area contributed by atoms with E-state index in [1.165, 1.54) is 12.1 Å². The molecule has 0 unspecified atom stereocenters. The van der Waals surface area contributed by atoms with Crippen LogP contribution in [-0.2, 0) is 6.42 Å². The highest BCUT2D eigenvalue weighted by Gasteiger charge is 2.05. The molecule has 19 heavy (non-hydrogen) atoms. The lowest BCUT2D eigenvalue weighted by Crippen LogP contribution is -2.30. The number of anilines is 1. The molecule has 0 radical (unpaired) electrons. The molecule has 1 aromatic carbocycles. The van der Waals surface area contributed by atoms with Gasteiger partial charge in [0.1, 0.15) is 11.6 Å². The van der Waals surface area contributed by atoms with E-state index in [2.05, 4.69) is 15.8 Å². The third kappa shape index (κ3) is 4.09. The number of benzene rings is 1. The number of aryl methyl sites for hydroxylation is 1. The van der Waals surface area contributed by atoms with Crippen molar-refractivity contribution in [1.82, 2.24) is 10.5 Å². The van der Waals surface area contributed by atoms with Gasteiger partial charge in [0.05, 0.1) is 0 Å². The molecule has 0 aliphatic carbocycles. The molecule has 1 heterocycles. The van der Waals surface area contributed by atoms with Gasteiger partial charge in [0.2, 0.25) is 0 Å². The quantitative estimate of drug-likeness (QED) is 0.890. The van der Waals surface area contributed by atoms with E-state index in [9.17, 15) is 9.18 Å². The van der Waals surface area contributed by atoms with Crippen molar-refractivity contribution in [2.45, 2.75) is 13.3 Å². The maximum Gasteiger partial charge on any atom is 0.320 e. The highest BCUT2D eigenvalue weighted by Crippen LogP contribution is 2.06. The number of amides is 2. The van der Waals surface area contributed by atoms with Gasteiger partial charge in [-0.15, -0.1) is 0 Å². The summed E-state index contributed by atoms with van der Waals surface area (Å²) in [6.07, 6.45) is 0.559. The van der Waals surface area contributed by atoms with Crippen molar-refractivity contribution in [3.05, 3.63) is 47.5 Å². The van der Waals surface area contributed by atoms with Crippen LogP contribution in [0.3, 0.4) is 0 Å². The maximum atomic E-state index is 12.9. The minimum Gasteiger partial charge on any atom is -0.360 e. The summed E-state index contributed by atoms with van der Waals surface area (Å²) in [5.41, 5.74) is 0.831. The van der Waals surface area contributed by atoms with Gasteiger partial charge in [-0.2, -0.15) is 0 Å². The number of hydrogen-bond donors (Lipinski definition) is 2. The van der Waals surface area contributed by atoms with Gasteiger partial charge in [0.25, 0.3) is 0 Å². The Bertz CT molecular complexity index is 569. The van der Waals surface area contributed by atoms with Crippen LogP contribution in [0.4, 0.5) is 15.0 Å². The minimum absolute atomic E-state index is 0.278. The number of nitrogens with zero attached hydrogens (tertiary/aromatic N) is 1. The standard InChI is InChI=1S/C13H14FN3O2/c1-9-7-12(17-19-9)16-13(18)15-6-5-10-3-2-4-11(14)8-10/h2-4,7-8H,5-6H2,1H3,(H2,15,16,17,18). The zero-order valence-electron chi connectivity index (χ0n) is 10.4. The van der Waals surface area contributed by atoms with Crippen molar-refractivity contribution < 1.29 is 13.7 Å². The molecule has 6 heteroatoms. The van der Waals surface area contributed by atoms with Crippen LogP contribution in [0.25, 0.3) is 0 Å². The zero-order chi connectivity index (χ0) is 13.7. The van der Waals surface area contributed by atoms with Gasteiger partial charge in [-0.1, -0.05) is 17.3 Å². The molecular weight excluding hydrogens is 249 g/mol. The van der Waals surface area contributed by atoms with Crippen LogP contribution in [0.2, 0.25) is 0 Å². The summed E-state index contributed by atoms with van der Waals surface area (Å²) in [7, 11) is 0. The Hall–Kier alpha value is -2.37. The van der Waals surface area contributed by atoms with Crippen molar-refractivity contribution in [3.8, 4) is 0 Å². The summed E-state index contributed by atoms with van der Waals surface area (Å²) in [6.45, 7) is 2.14. The third-order valence-electron chi connectivity index (χ3n) is 2.46. The predicted molar refractivity (Wildman–Crippen MR) is 68.4 cm³/mol. The first kappa shape index (κ1) is 13.1. The van der Waals surface area contributed by atoms with Crippen LogP contribution in [-0.4, -0.2) is 17.7 Å². The van der Waals surface area contributed by atoms with E-state index in [4.69, 9.17) is 4.52 Å². The van der Waals surface area contributed by atoms with Crippen LogP contribution in [0, 0.1) is 12.7 Å². The first-order valence-corrected chi connectivity index (χ1v) is 5.86. The van der Waals surface area contributed by atoms with E-state index >= 15 is 0 Å². The summed E-state index contributed by atoms with van der Waals surface area (Å²) in [6, 6.07) is 7.53. The molecule has 1 aromatic heterocycles. The Morgan fingerprint density at radius 1 is 1.42 bits per heavy atom. The van der Waals surface area contributed by atoms with Gasteiger partial charge in [-0.05, 0) is 31.0 Å². The van der Waals surface area contributed by atoms with Gasteiger partial charge in [-0.25, -0.2) is 9.18 Å². The molecule has 0 atom stereocenters. The molecule has 0 fully saturated rings. The SMILES string of the molecule is Cc1cc(NC(=O)NCCc2cccc(F)c2)no1. The number of carbonyl (C=O) groups excluding carboxylic acids is 1. The van der Waals surface area contributed by atoms with E-state index in [1.807, 2.05) is 6.07 Å². The normalized spacial score (nSPS) is 10.2. The fourth-order valence-electron chi connectivity index (χ4n) is 1.60. The molecule has 0 aliphatic rings. The first-order valence-electron chi connectivity index (χ1n) is 5.86. The lowest BCUT2D eigenvalue weighted by molar-refractivity contribution is 0.252. The number of aromatic nitrogens is 1. The maximum absolute atomic E-state index is 12.9. The lowest BCUT2D eigenvalue weighted by Gasteiger charge is -2.05. The molecule has 2 amide bonds. The molecule has 100 valence electrons. The smallest absolute Gasteiger partial charge is 0.320 e. The summed E-state index contributed by atoms with van der Waals surface area (Å²) >= 11 is 0. The molecule has 0 saturated carbocycles. The van der Waals surface area contributed by atoms with Gasteiger partial charge in [0, 0.05) is 12.6 Å². The molecule has 0 saturated heterocycles. The molecular formula is C13H14FN3O2. The average Bonchev–Trinajstić information content (AvgIpc) is 2.75. The second-order valence-corrected chi connectivity index (χ2v) is 4.08. The Morgan fingerprint density at radius 3 is 2.95 bits per heavy atom. The van der Waals surface area contributed by atoms with Crippen LogP contribution in [0.15, 0.2) is 34.9 Å². The highest BCUT2D eigenvalue weighted by atomic mass is 19.1. The van der Waals surface area contributed by atoms with Crippen molar-refractivity contribution >= 4 is 11.8 Å². The van der Waals surface area contributed by atoms with Crippen molar-refractivity contribution in [3.63, 3.8) is 0 Å². The van der Waals surface area contributed by atoms with E-state index in [1.54, 1.807) is 19.1 Å². The number of rotatable bonds is 4. The Balaban J connectivity index is 1.75. The fourth-order valence-corrected chi connectivity index (χ4v) is 1.60. The van der Waals surface area contributed by atoms with Gasteiger partial charge < -0.3 is 9.84 Å².